The third kappa shape index (κ3) is 18.1. The lowest BCUT2D eigenvalue weighted by molar-refractivity contribution is 0.291. The van der Waals surface area contributed by atoms with Gasteiger partial charge in [-0.2, -0.15) is 0 Å². The third-order valence-corrected chi connectivity index (χ3v) is 3.72. The molecular weight excluding hydrogens is 342 g/mol. The lowest BCUT2D eigenvalue weighted by Gasteiger charge is -1.86. The van der Waals surface area contributed by atoms with Gasteiger partial charge in [0.2, 0.25) is 0 Å². The van der Waals surface area contributed by atoms with E-state index < -0.39 is 0 Å². The second kappa shape index (κ2) is 20.6. The molecule has 0 saturated carbocycles. The van der Waals surface area contributed by atoms with E-state index in [9.17, 15) is 0 Å². The van der Waals surface area contributed by atoms with Crippen molar-refractivity contribution in [2.24, 2.45) is 0 Å². The molecule has 0 radical (unpaired) electrons. The Labute approximate surface area is 171 Å². The Morgan fingerprint density at radius 1 is 0.500 bits per heavy atom. The summed E-state index contributed by atoms with van der Waals surface area (Å²) in [7, 11) is 0. The molecule has 0 amide bonds. The van der Waals surface area contributed by atoms with Gasteiger partial charge in [0.05, 0.1) is 6.26 Å². The molecule has 2 aliphatic heterocycles. The number of hydrogen-bond acceptors (Lipinski definition) is 2. The van der Waals surface area contributed by atoms with Crippen LogP contribution in [0.1, 0.15) is 38.5 Å². The van der Waals surface area contributed by atoms with E-state index in [0.29, 0.717) is 0 Å². The van der Waals surface area contributed by atoms with E-state index in [1.807, 2.05) is 30.5 Å². The first-order chi connectivity index (χ1) is 14.0. The molecule has 28 heavy (non-hydrogen) atoms. The van der Waals surface area contributed by atoms with Crippen LogP contribution in [0.2, 0.25) is 0 Å². The number of nitrogens with one attached hydrogen (secondary N) is 1. The highest BCUT2D eigenvalue weighted by Crippen LogP contribution is 2.00. The summed E-state index contributed by atoms with van der Waals surface area (Å²) in [6.07, 6.45) is 44.3. The SMILES string of the molecule is C1=CC=CCC=C1.C1=CCCC=CC1.C1=CCNC=CC1.C1=CCOC=CC1. The van der Waals surface area contributed by atoms with E-state index in [4.69, 9.17) is 4.74 Å². The highest BCUT2D eigenvalue weighted by molar-refractivity contribution is 5.16. The van der Waals surface area contributed by atoms with Crippen molar-refractivity contribution in [2.75, 3.05) is 13.2 Å². The normalized spacial score (nSPS) is 18.3. The molecule has 0 atom stereocenters. The monoisotopic (exact) mass is 377 g/mol. The standard InChI is InChI=1S/C7H10.C7H8.C6H9N.C6H8O/c4*1-2-4-6-7-5-3-1/h1-2,5,7H,3-4,6H2;1-6H,7H2;1,3-4,6-7H,2,5H2;1,3-4,6H,2,5H2. The Morgan fingerprint density at radius 3 is 1.89 bits per heavy atom. The number of rotatable bonds is 0. The largest absolute Gasteiger partial charge is 0.497 e. The summed E-state index contributed by atoms with van der Waals surface area (Å²) in [5.41, 5.74) is 0. The summed E-state index contributed by atoms with van der Waals surface area (Å²) in [6, 6.07) is 0. The predicted molar refractivity (Wildman–Crippen MR) is 124 cm³/mol. The zero-order valence-electron chi connectivity index (χ0n) is 17.0. The van der Waals surface area contributed by atoms with Crippen molar-refractivity contribution in [3.8, 4) is 0 Å². The minimum absolute atomic E-state index is 0.733. The van der Waals surface area contributed by atoms with Gasteiger partial charge in [0.1, 0.15) is 6.61 Å². The molecule has 0 spiro atoms. The first-order valence-electron chi connectivity index (χ1n) is 10.2. The Bertz CT molecular complexity index is 501. The highest BCUT2D eigenvalue weighted by Gasteiger charge is 1.80. The van der Waals surface area contributed by atoms with E-state index in [1.165, 1.54) is 12.8 Å². The van der Waals surface area contributed by atoms with Crippen molar-refractivity contribution in [3.63, 3.8) is 0 Å². The summed E-state index contributed by atoms with van der Waals surface area (Å²) in [5, 5.41) is 3.08. The van der Waals surface area contributed by atoms with Crippen molar-refractivity contribution < 1.29 is 4.74 Å². The molecule has 0 aromatic carbocycles. The highest BCUT2D eigenvalue weighted by atomic mass is 16.5. The van der Waals surface area contributed by atoms with Crippen LogP contribution in [-0.2, 0) is 4.74 Å². The summed E-state index contributed by atoms with van der Waals surface area (Å²) in [5.74, 6) is 0. The van der Waals surface area contributed by atoms with Gasteiger partial charge in [-0.05, 0) is 50.8 Å². The van der Waals surface area contributed by atoms with Crippen molar-refractivity contribution in [1.29, 1.82) is 0 Å². The molecule has 2 heterocycles. The van der Waals surface area contributed by atoms with Crippen molar-refractivity contribution in [3.05, 3.63) is 110 Å². The van der Waals surface area contributed by atoms with Gasteiger partial charge in [-0.3, -0.25) is 0 Å². The van der Waals surface area contributed by atoms with E-state index in [0.717, 1.165) is 38.8 Å². The van der Waals surface area contributed by atoms with Crippen LogP contribution in [0.15, 0.2) is 110 Å². The molecule has 2 heteroatoms. The minimum Gasteiger partial charge on any atom is -0.497 e. The minimum atomic E-state index is 0.733. The Morgan fingerprint density at radius 2 is 1.11 bits per heavy atom. The molecule has 0 saturated heterocycles. The van der Waals surface area contributed by atoms with Gasteiger partial charge in [-0.25, -0.2) is 0 Å². The molecule has 4 rings (SSSR count). The van der Waals surface area contributed by atoms with Crippen LogP contribution < -0.4 is 5.32 Å². The number of allylic oxidation sites excluding steroid dienone is 14. The fourth-order valence-electron chi connectivity index (χ4n) is 2.24. The lowest BCUT2D eigenvalue weighted by Crippen LogP contribution is -2.01. The zero-order chi connectivity index (χ0) is 19.8. The van der Waals surface area contributed by atoms with Crippen LogP contribution in [0, 0.1) is 0 Å². The summed E-state index contributed by atoms with van der Waals surface area (Å²) in [6.45, 7) is 1.72. The van der Waals surface area contributed by atoms with Crippen LogP contribution in [0.5, 0.6) is 0 Å². The van der Waals surface area contributed by atoms with Gasteiger partial charge < -0.3 is 10.1 Å². The second-order valence-electron chi connectivity index (χ2n) is 6.16. The first-order valence-corrected chi connectivity index (χ1v) is 10.2. The maximum absolute atomic E-state index is 4.93. The fourth-order valence-corrected chi connectivity index (χ4v) is 2.24. The number of ether oxygens (including phenoxy) is 1. The predicted octanol–water partition coefficient (Wildman–Crippen LogP) is 6.87. The maximum atomic E-state index is 4.93. The Hall–Kier alpha value is -2.74. The van der Waals surface area contributed by atoms with E-state index >= 15 is 0 Å². The van der Waals surface area contributed by atoms with Gasteiger partial charge in [-0.1, -0.05) is 91.1 Å². The van der Waals surface area contributed by atoms with Crippen molar-refractivity contribution in [2.45, 2.75) is 38.5 Å². The molecule has 150 valence electrons. The van der Waals surface area contributed by atoms with Crippen LogP contribution in [0.3, 0.4) is 0 Å². The molecule has 0 fully saturated rings. The molecule has 0 aromatic rings. The molecule has 0 unspecified atom stereocenters. The fraction of sp³-hybridized carbons (Fsp3) is 0.308. The topological polar surface area (TPSA) is 21.3 Å². The average Bonchev–Trinajstić information content (AvgIpc) is 3.39. The van der Waals surface area contributed by atoms with E-state index in [1.54, 1.807) is 6.26 Å². The van der Waals surface area contributed by atoms with Gasteiger partial charge in [-0.15, -0.1) is 0 Å². The quantitative estimate of drug-likeness (QED) is 0.465. The molecule has 1 N–H and O–H groups in total. The molecule has 2 aliphatic carbocycles. The van der Waals surface area contributed by atoms with Crippen LogP contribution in [-0.4, -0.2) is 13.2 Å². The molecular formula is C26H35NO. The van der Waals surface area contributed by atoms with Gasteiger partial charge >= 0.3 is 0 Å². The lowest BCUT2D eigenvalue weighted by atomic mass is 10.3. The van der Waals surface area contributed by atoms with Gasteiger partial charge in [0, 0.05) is 6.54 Å². The molecule has 0 bridgehead atoms. The van der Waals surface area contributed by atoms with Crippen LogP contribution in [0.4, 0.5) is 0 Å². The second-order valence-corrected chi connectivity index (χ2v) is 6.16. The summed E-state index contributed by atoms with van der Waals surface area (Å²) < 4.78 is 4.93. The maximum Gasteiger partial charge on any atom is 0.105 e. The van der Waals surface area contributed by atoms with Gasteiger partial charge in [0.15, 0.2) is 0 Å². The molecule has 0 aromatic heterocycles. The zero-order valence-corrected chi connectivity index (χ0v) is 17.0. The van der Waals surface area contributed by atoms with Crippen LogP contribution >= 0.6 is 0 Å². The third-order valence-electron chi connectivity index (χ3n) is 3.72. The van der Waals surface area contributed by atoms with Crippen molar-refractivity contribution in [1.82, 2.24) is 5.32 Å². The Kier molecular flexibility index (Phi) is 17.1. The van der Waals surface area contributed by atoms with Gasteiger partial charge in [0.25, 0.3) is 0 Å². The van der Waals surface area contributed by atoms with Crippen molar-refractivity contribution >= 4 is 0 Å². The van der Waals surface area contributed by atoms with Crippen LogP contribution in [0.25, 0.3) is 0 Å². The van der Waals surface area contributed by atoms with E-state index in [2.05, 4.69) is 78.2 Å². The Balaban J connectivity index is 0.000000187. The molecule has 2 nitrogen and oxygen atoms in total. The first kappa shape index (κ1) is 23.3. The smallest absolute Gasteiger partial charge is 0.105 e. The average molecular weight is 378 g/mol. The summed E-state index contributed by atoms with van der Waals surface area (Å²) in [4.78, 5) is 0. The molecule has 4 aliphatic rings. The number of hydrogen-bond donors (Lipinski definition) is 1. The summed E-state index contributed by atoms with van der Waals surface area (Å²) >= 11 is 0. The van der Waals surface area contributed by atoms with E-state index in [-0.39, 0.29) is 0 Å².